The Morgan fingerprint density at radius 2 is 1.47 bits per heavy atom. The highest BCUT2D eigenvalue weighted by atomic mass is 33.1. The van der Waals surface area contributed by atoms with Gasteiger partial charge in [-0.05, 0) is 31.2 Å². The van der Waals surface area contributed by atoms with Gasteiger partial charge in [-0.3, -0.25) is 0 Å². The van der Waals surface area contributed by atoms with Crippen LogP contribution in [0.25, 0.3) is 0 Å². The van der Waals surface area contributed by atoms with Gasteiger partial charge in [0.1, 0.15) is 0 Å². The summed E-state index contributed by atoms with van der Waals surface area (Å²) in [5, 5.41) is 0. The number of hydrogen-bond acceptors (Lipinski definition) is 3. The molecule has 0 aliphatic heterocycles. The molecule has 0 amide bonds. The summed E-state index contributed by atoms with van der Waals surface area (Å²) in [6.07, 6.45) is 0. The van der Waals surface area contributed by atoms with Gasteiger partial charge in [0.2, 0.25) is 8.87 Å². The van der Waals surface area contributed by atoms with E-state index in [1.165, 1.54) is 0 Å². The second-order valence-corrected chi connectivity index (χ2v) is 7.50. The van der Waals surface area contributed by atoms with E-state index in [0.29, 0.717) is 4.90 Å². The predicted octanol–water partition coefficient (Wildman–Crippen LogP) is 3.48. The van der Waals surface area contributed by atoms with Crippen molar-refractivity contribution >= 4 is 19.7 Å². The summed E-state index contributed by atoms with van der Waals surface area (Å²) in [5.41, 5.74) is 1.05. The van der Waals surface area contributed by atoms with Crippen LogP contribution < -0.4 is 0 Å². The van der Waals surface area contributed by atoms with Gasteiger partial charge in [0.05, 0.1) is 4.90 Å². The molecule has 0 N–H and O–H groups in total. The molecule has 17 heavy (non-hydrogen) atoms. The fourth-order valence-corrected chi connectivity index (χ4v) is 4.16. The van der Waals surface area contributed by atoms with Crippen molar-refractivity contribution in [2.24, 2.45) is 0 Å². The van der Waals surface area contributed by atoms with E-state index >= 15 is 0 Å². The van der Waals surface area contributed by atoms with E-state index in [4.69, 9.17) is 0 Å². The van der Waals surface area contributed by atoms with Crippen molar-refractivity contribution in [3.8, 4) is 0 Å². The van der Waals surface area contributed by atoms with Crippen molar-refractivity contribution in [2.45, 2.75) is 16.7 Å². The van der Waals surface area contributed by atoms with Gasteiger partial charge < -0.3 is 0 Å². The minimum absolute atomic E-state index is 0.344. The molecule has 0 spiro atoms. The van der Waals surface area contributed by atoms with Crippen LogP contribution in [0.15, 0.2) is 64.4 Å². The van der Waals surface area contributed by atoms with Crippen molar-refractivity contribution in [2.75, 3.05) is 0 Å². The largest absolute Gasteiger partial charge is 0.234 e. The molecule has 0 radical (unpaired) electrons. The van der Waals surface area contributed by atoms with Crippen molar-refractivity contribution in [1.82, 2.24) is 0 Å². The number of benzene rings is 2. The second kappa shape index (κ2) is 4.94. The van der Waals surface area contributed by atoms with Gasteiger partial charge in [0.25, 0.3) is 0 Å². The zero-order valence-corrected chi connectivity index (χ0v) is 11.0. The molecule has 0 bridgehead atoms. The van der Waals surface area contributed by atoms with Crippen LogP contribution in [0.4, 0.5) is 0 Å². The normalized spacial score (nSPS) is 11.4. The Labute approximate surface area is 105 Å². The first-order valence-corrected chi connectivity index (χ1v) is 7.96. The van der Waals surface area contributed by atoms with Crippen molar-refractivity contribution in [1.29, 1.82) is 0 Å². The van der Waals surface area contributed by atoms with E-state index in [9.17, 15) is 8.42 Å². The predicted molar refractivity (Wildman–Crippen MR) is 70.7 cm³/mol. The third kappa shape index (κ3) is 3.11. The molecule has 0 saturated carbocycles. The smallest absolute Gasteiger partial charge is 0.212 e. The molecule has 88 valence electrons. The number of rotatable bonds is 3. The lowest BCUT2D eigenvalue weighted by molar-refractivity contribution is 0.610. The molecule has 4 heteroatoms. The summed E-state index contributed by atoms with van der Waals surface area (Å²) in [6.45, 7) is 1.93. The minimum Gasteiger partial charge on any atom is -0.212 e. The lowest BCUT2D eigenvalue weighted by Gasteiger charge is -2.03. The van der Waals surface area contributed by atoms with Gasteiger partial charge in [-0.15, -0.1) is 0 Å². The molecule has 0 heterocycles. The first-order valence-electron chi connectivity index (χ1n) is 5.14. The zero-order valence-electron chi connectivity index (χ0n) is 9.33. The van der Waals surface area contributed by atoms with E-state index in [1.54, 1.807) is 36.4 Å². The fraction of sp³-hybridized carbons (Fsp3) is 0.0769. The molecule has 2 aromatic carbocycles. The van der Waals surface area contributed by atoms with Crippen molar-refractivity contribution in [3.05, 3.63) is 60.2 Å². The Morgan fingerprint density at radius 3 is 2.06 bits per heavy atom. The highest BCUT2D eigenvalue weighted by Gasteiger charge is 2.15. The quantitative estimate of drug-likeness (QED) is 0.796. The second-order valence-electron chi connectivity index (χ2n) is 3.66. The minimum atomic E-state index is -3.31. The molecular formula is C13H12O2S2. The maximum absolute atomic E-state index is 12.1. The average molecular weight is 264 g/mol. The van der Waals surface area contributed by atoms with Crippen molar-refractivity contribution < 1.29 is 8.42 Å². The van der Waals surface area contributed by atoms with E-state index in [-0.39, 0.29) is 0 Å². The Kier molecular flexibility index (Phi) is 3.54. The molecule has 0 unspecified atom stereocenters. The van der Waals surface area contributed by atoms with Crippen LogP contribution in [0.5, 0.6) is 0 Å². The lowest BCUT2D eigenvalue weighted by atomic mass is 10.2. The maximum atomic E-state index is 12.1. The molecule has 0 saturated heterocycles. The van der Waals surface area contributed by atoms with Crippen LogP contribution in [-0.2, 0) is 8.87 Å². The Bertz CT molecular complexity index is 587. The molecule has 2 nitrogen and oxygen atoms in total. The van der Waals surface area contributed by atoms with Crippen molar-refractivity contribution in [3.63, 3.8) is 0 Å². The van der Waals surface area contributed by atoms with Crippen LogP contribution in [0.2, 0.25) is 0 Å². The molecule has 0 aliphatic carbocycles. The van der Waals surface area contributed by atoms with Crippen LogP contribution in [-0.4, -0.2) is 8.42 Å². The highest BCUT2D eigenvalue weighted by molar-refractivity contribution is 8.72. The van der Waals surface area contributed by atoms with Gasteiger partial charge >= 0.3 is 0 Å². The fourth-order valence-electron chi connectivity index (χ4n) is 1.36. The molecule has 0 aromatic heterocycles. The standard InChI is InChI=1S/C13H12O2S2/c1-11-7-9-13(10-8-11)17(14,15)16-12-5-3-2-4-6-12/h2-10H,1H3. The average Bonchev–Trinajstić information content (AvgIpc) is 2.30. The SMILES string of the molecule is Cc1ccc(S(=O)(=O)Sc2ccccc2)cc1. The maximum Gasteiger partial charge on any atom is 0.234 e. The van der Waals surface area contributed by atoms with E-state index in [1.807, 2.05) is 25.1 Å². The van der Waals surface area contributed by atoms with Crippen LogP contribution >= 0.6 is 10.8 Å². The summed E-state index contributed by atoms with van der Waals surface area (Å²) in [6, 6.07) is 16.0. The monoisotopic (exact) mass is 264 g/mol. The van der Waals surface area contributed by atoms with Crippen LogP contribution in [0, 0.1) is 6.92 Å². The third-order valence-electron chi connectivity index (χ3n) is 2.26. The topological polar surface area (TPSA) is 34.1 Å². The lowest BCUT2D eigenvalue weighted by Crippen LogP contribution is -1.94. The summed E-state index contributed by atoms with van der Waals surface area (Å²) in [4.78, 5) is 1.07. The summed E-state index contributed by atoms with van der Waals surface area (Å²) in [5.74, 6) is 0. The summed E-state index contributed by atoms with van der Waals surface area (Å²) in [7, 11) is -2.44. The molecule has 0 aliphatic rings. The molecule has 2 aromatic rings. The zero-order chi connectivity index (χ0) is 12.3. The van der Waals surface area contributed by atoms with E-state index in [2.05, 4.69) is 0 Å². The van der Waals surface area contributed by atoms with E-state index in [0.717, 1.165) is 21.3 Å². The van der Waals surface area contributed by atoms with Gasteiger partial charge in [0, 0.05) is 15.7 Å². The number of hydrogen-bond donors (Lipinski definition) is 0. The van der Waals surface area contributed by atoms with E-state index < -0.39 is 8.87 Å². The summed E-state index contributed by atoms with van der Waals surface area (Å²) >= 11 is 0. The van der Waals surface area contributed by atoms with Crippen LogP contribution in [0.1, 0.15) is 5.56 Å². The van der Waals surface area contributed by atoms with Gasteiger partial charge in [-0.25, -0.2) is 8.42 Å². The highest BCUT2D eigenvalue weighted by Crippen LogP contribution is 2.30. The first kappa shape index (κ1) is 12.2. The molecular weight excluding hydrogens is 252 g/mol. The summed E-state index contributed by atoms with van der Waals surface area (Å²) < 4.78 is 24.2. The molecule has 0 atom stereocenters. The van der Waals surface area contributed by atoms with Gasteiger partial charge in [0.15, 0.2) is 0 Å². The first-order chi connectivity index (χ1) is 8.08. The molecule has 2 rings (SSSR count). The Balaban J connectivity index is 2.29. The molecule has 0 fully saturated rings. The van der Waals surface area contributed by atoms with Gasteiger partial charge in [-0.1, -0.05) is 35.9 Å². The number of aryl methyl sites for hydroxylation is 1. The van der Waals surface area contributed by atoms with Gasteiger partial charge in [-0.2, -0.15) is 0 Å². The Morgan fingerprint density at radius 1 is 0.882 bits per heavy atom. The third-order valence-corrected chi connectivity index (χ3v) is 5.61. The van der Waals surface area contributed by atoms with Crippen LogP contribution in [0.3, 0.4) is 0 Å². The Hall–Kier alpha value is -1.26.